The van der Waals surface area contributed by atoms with E-state index < -0.39 is 34.3 Å². The molecule has 0 amide bonds. The number of aryl methyl sites for hydroxylation is 2. The van der Waals surface area contributed by atoms with Crippen molar-refractivity contribution in [3.05, 3.63) is 153 Å². The van der Waals surface area contributed by atoms with E-state index in [9.17, 15) is 33.9 Å². The molecular weight excluding hydrogens is 626 g/mol. The number of fused-ring (bicyclic) bond motifs is 2. The largest absolute Gasteiger partial charge is 0.396 e. The predicted octanol–water partition coefficient (Wildman–Crippen LogP) is 3.56. The van der Waals surface area contributed by atoms with Gasteiger partial charge in [0.2, 0.25) is 0 Å². The van der Waals surface area contributed by atoms with Gasteiger partial charge in [-0.25, -0.2) is 14.2 Å². The fourth-order valence-corrected chi connectivity index (χ4v) is 6.00. The van der Waals surface area contributed by atoms with Crippen LogP contribution in [0.5, 0.6) is 0 Å². The molecule has 0 atom stereocenters. The molecular formula is C37H35N5O7. The minimum Gasteiger partial charge on any atom is -0.396 e. The Balaban J connectivity index is 1.67. The number of nitrogens with zero attached hydrogens (tertiary/aromatic N) is 4. The molecule has 1 aliphatic rings. The van der Waals surface area contributed by atoms with Crippen LogP contribution in [0.4, 0.5) is 17.3 Å². The van der Waals surface area contributed by atoms with E-state index >= 15 is 0 Å². The van der Waals surface area contributed by atoms with E-state index in [-0.39, 0.29) is 53.5 Å². The van der Waals surface area contributed by atoms with Crippen molar-refractivity contribution in [2.45, 2.75) is 53.0 Å². The van der Waals surface area contributed by atoms with Crippen LogP contribution in [0.3, 0.4) is 0 Å². The van der Waals surface area contributed by atoms with Gasteiger partial charge in [-0.3, -0.25) is 33.6 Å². The van der Waals surface area contributed by atoms with Crippen molar-refractivity contribution in [2.75, 3.05) is 11.5 Å². The second-order valence-electron chi connectivity index (χ2n) is 12.1. The van der Waals surface area contributed by atoms with Crippen molar-refractivity contribution in [3.63, 3.8) is 0 Å². The summed E-state index contributed by atoms with van der Waals surface area (Å²) < 4.78 is 2.42. The zero-order valence-corrected chi connectivity index (χ0v) is 27.4. The SMILES string of the molecule is CCCCn1c(=O)c2c(n(C(=O)c3ccc(C)cc3)c1=O)N(c1ccc(CCO)cc1)c1[nH]c(=O)n(C(=O)c3ccc(C)cc3)c(=O)c1C2. The highest BCUT2D eigenvalue weighted by molar-refractivity contribution is 6.00. The highest BCUT2D eigenvalue weighted by Gasteiger charge is 2.37. The molecule has 0 saturated carbocycles. The van der Waals surface area contributed by atoms with Crippen molar-refractivity contribution in [1.82, 2.24) is 18.7 Å². The average molecular weight is 662 g/mol. The standard InChI is InChI=1S/C37H35N5O7/c1-4-5-19-39-34(46)29-21-28-30(38-36(48)42(35(28)47)33(45)26-14-8-23(3)9-15-26)40(27-16-10-24(11-17-27)18-20-43)31(29)41(37(39)49)32(44)25-12-6-22(2)7-13-25/h6-17,43H,4-5,18-21H2,1-3H3,(H,38,48). The van der Waals surface area contributed by atoms with Gasteiger partial charge in [0.25, 0.3) is 22.9 Å². The molecule has 0 fully saturated rings. The number of hydrogen-bond acceptors (Lipinski definition) is 8. The normalized spacial score (nSPS) is 12.0. The summed E-state index contributed by atoms with van der Waals surface area (Å²) >= 11 is 0. The third-order valence-corrected chi connectivity index (χ3v) is 8.71. The first-order valence-corrected chi connectivity index (χ1v) is 16.0. The van der Waals surface area contributed by atoms with Crippen molar-refractivity contribution in [2.24, 2.45) is 0 Å². The lowest BCUT2D eigenvalue weighted by molar-refractivity contribution is 0.0944. The highest BCUT2D eigenvalue weighted by atomic mass is 16.3. The fourth-order valence-electron chi connectivity index (χ4n) is 6.00. The van der Waals surface area contributed by atoms with Crippen molar-refractivity contribution in [1.29, 1.82) is 0 Å². The molecule has 12 heteroatoms. The highest BCUT2D eigenvalue weighted by Crippen LogP contribution is 2.40. The summed E-state index contributed by atoms with van der Waals surface area (Å²) in [5, 5.41) is 9.47. The zero-order chi connectivity index (χ0) is 35.0. The monoisotopic (exact) mass is 661 g/mol. The molecule has 0 bridgehead atoms. The van der Waals surface area contributed by atoms with E-state index in [2.05, 4.69) is 4.98 Å². The van der Waals surface area contributed by atoms with Crippen LogP contribution in [0.1, 0.15) is 68.3 Å². The third kappa shape index (κ3) is 5.91. The van der Waals surface area contributed by atoms with Crippen molar-refractivity contribution in [3.8, 4) is 0 Å². The van der Waals surface area contributed by atoms with Gasteiger partial charge in [-0.1, -0.05) is 60.9 Å². The minimum atomic E-state index is -1.03. The van der Waals surface area contributed by atoms with E-state index in [1.54, 1.807) is 60.7 Å². The Hall–Kier alpha value is -5.88. The number of aliphatic hydroxyl groups is 1. The summed E-state index contributed by atoms with van der Waals surface area (Å²) in [6.45, 7) is 5.54. The molecule has 1 aliphatic heterocycles. The Bertz CT molecular complexity index is 2330. The summed E-state index contributed by atoms with van der Waals surface area (Å²) in [6.07, 6.45) is 1.13. The second kappa shape index (κ2) is 13.3. The number of aromatic nitrogens is 4. The first kappa shape index (κ1) is 33.0. The molecule has 2 aromatic heterocycles. The van der Waals surface area contributed by atoms with Crippen LogP contribution < -0.4 is 27.4 Å². The number of aliphatic hydroxyl groups excluding tert-OH is 1. The number of carbonyl (C=O) groups excluding carboxylic acids is 2. The molecule has 49 heavy (non-hydrogen) atoms. The maximum Gasteiger partial charge on any atom is 0.339 e. The first-order chi connectivity index (χ1) is 23.5. The van der Waals surface area contributed by atoms with Crippen LogP contribution in [-0.4, -0.2) is 42.2 Å². The van der Waals surface area contributed by atoms with Crippen LogP contribution in [0.2, 0.25) is 0 Å². The Kier molecular flexibility index (Phi) is 8.98. The molecule has 5 aromatic rings. The van der Waals surface area contributed by atoms with E-state index in [0.717, 1.165) is 25.8 Å². The van der Waals surface area contributed by atoms with Gasteiger partial charge >= 0.3 is 11.4 Å². The summed E-state index contributed by atoms with van der Waals surface area (Å²) in [7, 11) is 0. The number of H-pyrrole nitrogens is 1. The Morgan fingerprint density at radius 3 is 1.88 bits per heavy atom. The van der Waals surface area contributed by atoms with Crippen LogP contribution in [0.25, 0.3) is 0 Å². The van der Waals surface area contributed by atoms with Gasteiger partial charge in [-0.05, 0) is 68.7 Å². The van der Waals surface area contributed by atoms with Gasteiger partial charge in [0, 0.05) is 36.4 Å². The Morgan fingerprint density at radius 2 is 1.33 bits per heavy atom. The molecule has 3 aromatic carbocycles. The lowest BCUT2D eigenvalue weighted by Crippen LogP contribution is -2.50. The summed E-state index contributed by atoms with van der Waals surface area (Å²) in [5.74, 6) is -1.75. The summed E-state index contributed by atoms with van der Waals surface area (Å²) in [4.78, 5) is 88.1. The van der Waals surface area contributed by atoms with E-state index in [1.165, 1.54) is 17.0 Å². The van der Waals surface area contributed by atoms with Crippen LogP contribution >= 0.6 is 0 Å². The van der Waals surface area contributed by atoms with Crippen LogP contribution in [0.15, 0.2) is 92.0 Å². The van der Waals surface area contributed by atoms with E-state index in [4.69, 9.17) is 0 Å². The van der Waals surface area contributed by atoms with Gasteiger partial charge in [-0.2, -0.15) is 4.57 Å². The van der Waals surface area contributed by atoms with Gasteiger partial charge in [0.15, 0.2) is 0 Å². The maximum absolute atomic E-state index is 14.3. The molecule has 2 N–H and O–H groups in total. The molecule has 0 spiro atoms. The number of carbonyl (C=O) groups is 2. The Labute approximate surface area is 280 Å². The van der Waals surface area contributed by atoms with Crippen molar-refractivity contribution < 1.29 is 14.7 Å². The third-order valence-electron chi connectivity index (χ3n) is 8.71. The van der Waals surface area contributed by atoms with Gasteiger partial charge in [0.05, 0.1) is 11.1 Å². The molecule has 250 valence electrons. The lowest BCUT2D eigenvalue weighted by Gasteiger charge is -2.34. The quantitative estimate of drug-likeness (QED) is 0.251. The number of anilines is 3. The molecule has 0 saturated heterocycles. The summed E-state index contributed by atoms with van der Waals surface area (Å²) in [6, 6.07) is 19.7. The molecule has 0 radical (unpaired) electrons. The number of hydrogen-bond donors (Lipinski definition) is 2. The van der Waals surface area contributed by atoms with E-state index in [0.29, 0.717) is 29.5 Å². The Morgan fingerprint density at radius 1 is 0.755 bits per heavy atom. The number of aromatic amines is 1. The molecule has 6 rings (SSSR count). The van der Waals surface area contributed by atoms with Crippen LogP contribution in [-0.2, 0) is 19.4 Å². The number of rotatable bonds is 8. The number of unbranched alkanes of at least 4 members (excludes halogenated alkanes) is 1. The fraction of sp³-hybridized carbons (Fsp3) is 0.243. The lowest BCUT2D eigenvalue weighted by atomic mass is 10.0. The molecule has 0 unspecified atom stereocenters. The molecule has 0 aliphatic carbocycles. The minimum absolute atomic E-state index is 0.0263. The molecule has 3 heterocycles. The average Bonchev–Trinajstić information content (AvgIpc) is 3.09. The van der Waals surface area contributed by atoms with E-state index in [1.807, 2.05) is 20.8 Å². The first-order valence-electron chi connectivity index (χ1n) is 16.0. The number of nitrogens with one attached hydrogen (secondary N) is 1. The predicted molar refractivity (Wildman–Crippen MR) is 185 cm³/mol. The molecule has 12 nitrogen and oxygen atoms in total. The maximum atomic E-state index is 14.3. The zero-order valence-electron chi connectivity index (χ0n) is 27.4. The smallest absolute Gasteiger partial charge is 0.339 e. The van der Waals surface area contributed by atoms with Gasteiger partial charge in [-0.15, -0.1) is 0 Å². The number of benzene rings is 3. The van der Waals surface area contributed by atoms with Crippen molar-refractivity contribution >= 4 is 29.1 Å². The van der Waals surface area contributed by atoms with Gasteiger partial charge < -0.3 is 5.11 Å². The second-order valence-corrected chi connectivity index (χ2v) is 12.1. The van der Waals surface area contributed by atoms with Crippen LogP contribution in [0, 0.1) is 13.8 Å². The topological polar surface area (TPSA) is 156 Å². The van der Waals surface area contributed by atoms with Gasteiger partial charge in [0.1, 0.15) is 11.6 Å². The summed E-state index contributed by atoms with van der Waals surface area (Å²) in [5.41, 5.74) is -0.435.